The first-order chi connectivity index (χ1) is 25.6. The van der Waals surface area contributed by atoms with E-state index in [0.717, 1.165) is 78.4 Å². The number of fused-ring (bicyclic) bond motifs is 3. The van der Waals surface area contributed by atoms with Gasteiger partial charge in [-0.2, -0.15) is 0 Å². The Kier molecular flexibility index (Phi) is 15.8. The number of benzene rings is 2. The number of amides is 1. The Morgan fingerprint density at radius 2 is 1.67 bits per heavy atom. The van der Waals surface area contributed by atoms with Crippen LogP contribution in [0.2, 0.25) is 5.02 Å². The van der Waals surface area contributed by atoms with E-state index in [1.54, 1.807) is 23.5 Å². The molecule has 0 saturated carbocycles. The number of aliphatic imine (C=N–C) groups is 1. The normalized spacial score (nSPS) is 13.0. The van der Waals surface area contributed by atoms with Crippen LogP contribution >= 0.6 is 35.3 Å². The van der Waals surface area contributed by atoms with Gasteiger partial charge in [-0.15, -0.1) is 33.9 Å². The van der Waals surface area contributed by atoms with Gasteiger partial charge in [0.25, 0.3) is 0 Å². The van der Waals surface area contributed by atoms with Crippen LogP contribution in [0, 0.1) is 32.6 Å². The van der Waals surface area contributed by atoms with Crippen molar-refractivity contribution in [2.45, 2.75) is 91.0 Å². The van der Waals surface area contributed by atoms with Crippen LogP contribution in [0.1, 0.15) is 119 Å². The van der Waals surface area contributed by atoms with Gasteiger partial charge in [0.1, 0.15) is 16.9 Å². The molecule has 4 aromatic rings. The van der Waals surface area contributed by atoms with Crippen molar-refractivity contribution in [2.24, 2.45) is 10.7 Å². The van der Waals surface area contributed by atoms with Gasteiger partial charge in [-0.25, -0.2) is 4.79 Å². The molecule has 286 valence electrons. The number of hydrogen-bond donors (Lipinski definition) is 3. The number of esters is 1. The number of nitrogens with two attached hydrogens (primary N) is 1. The number of rotatable bonds is 16. The van der Waals surface area contributed by atoms with Gasteiger partial charge in [-0.3, -0.25) is 19.1 Å². The number of unbranched alkanes of at least 4 members (excludes halogenated alkanes) is 6. The summed E-state index contributed by atoms with van der Waals surface area (Å²) in [6, 6.07) is 11.9. The minimum absolute atomic E-state index is 0. The number of hydrogen-bond acceptors (Lipinski definition) is 9. The first-order valence-corrected chi connectivity index (χ1v) is 19.1. The predicted molar refractivity (Wildman–Crippen MR) is 216 cm³/mol. The number of nitrogens with one attached hydrogen (secondary N) is 1. The SMILES string of the molecule is Cc1sc2c(c1C)C(c1ccc(Cl)cc1)=N[C@@H](CCOC(=O)CCCCCCCCCC(=O)Nc1ccc(C(=O)O)c(C#CCN)c1)c1nnc(C)n1-2.Cl. The van der Waals surface area contributed by atoms with Gasteiger partial charge in [0, 0.05) is 51.5 Å². The van der Waals surface area contributed by atoms with Crippen molar-refractivity contribution in [3.05, 3.63) is 91.8 Å². The summed E-state index contributed by atoms with van der Waals surface area (Å²) in [7, 11) is 0. The van der Waals surface area contributed by atoms with Crippen LogP contribution in [0.3, 0.4) is 0 Å². The number of carboxylic acids is 1. The smallest absolute Gasteiger partial charge is 0.336 e. The zero-order valence-corrected chi connectivity index (χ0v) is 33.1. The summed E-state index contributed by atoms with van der Waals surface area (Å²) in [5.74, 6) is 5.49. The highest BCUT2D eigenvalue weighted by Crippen LogP contribution is 2.39. The lowest BCUT2D eigenvalue weighted by Gasteiger charge is -2.13. The fourth-order valence-corrected chi connectivity index (χ4v) is 7.61. The average molecular weight is 794 g/mol. The molecular formula is C40H46Cl2N6O5S. The maximum Gasteiger partial charge on any atom is 0.336 e. The third-order valence-electron chi connectivity index (χ3n) is 9.16. The van der Waals surface area contributed by atoms with Gasteiger partial charge in [-0.05, 0) is 69.5 Å². The Bertz CT molecular complexity index is 2050. The maximum absolute atomic E-state index is 12.6. The second kappa shape index (κ2) is 20.2. The van der Waals surface area contributed by atoms with Crippen LogP contribution in [-0.4, -0.2) is 56.6 Å². The number of ether oxygens (including phenoxy) is 1. The van der Waals surface area contributed by atoms with Crippen LogP contribution in [0.5, 0.6) is 0 Å². The minimum atomic E-state index is -1.09. The van der Waals surface area contributed by atoms with Gasteiger partial charge in [0.2, 0.25) is 5.91 Å². The third-order valence-corrected chi connectivity index (χ3v) is 10.6. The third kappa shape index (κ3) is 10.8. The second-order valence-electron chi connectivity index (χ2n) is 13.0. The van der Waals surface area contributed by atoms with Crippen LogP contribution in [0.25, 0.3) is 5.00 Å². The van der Waals surface area contributed by atoms with Crippen molar-refractivity contribution in [3.8, 4) is 16.8 Å². The van der Waals surface area contributed by atoms with E-state index in [-0.39, 0.29) is 49.0 Å². The van der Waals surface area contributed by atoms with Crippen molar-refractivity contribution in [1.82, 2.24) is 14.8 Å². The van der Waals surface area contributed by atoms with Gasteiger partial charge in [0.15, 0.2) is 5.82 Å². The summed E-state index contributed by atoms with van der Waals surface area (Å²) in [5, 5.41) is 22.8. The van der Waals surface area contributed by atoms with E-state index in [0.29, 0.717) is 35.5 Å². The molecule has 0 spiro atoms. The Labute approximate surface area is 331 Å². The van der Waals surface area contributed by atoms with Crippen LogP contribution < -0.4 is 11.1 Å². The molecule has 0 unspecified atom stereocenters. The highest BCUT2D eigenvalue weighted by atomic mass is 35.5. The Hall–Kier alpha value is -4.54. The number of aryl methyl sites for hydroxylation is 2. The molecule has 0 saturated heterocycles. The van der Waals surface area contributed by atoms with Crippen molar-refractivity contribution in [1.29, 1.82) is 0 Å². The number of thiophene rings is 1. The molecule has 14 heteroatoms. The number of nitrogens with zero attached hydrogens (tertiary/aromatic N) is 4. The molecule has 1 aliphatic heterocycles. The van der Waals surface area contributed by atoms with Crippen LogP contribution in [-0.2, 0) is 14.3 Å². The molecular weight excluding hydrogens is 747 g/mol. The van der Waals surface area contributed by atoms with Gasteiger partial charge in [-0.1, -0.05) is 67.7 Å². The highest BCUT2D eigenvalue weighted by Gasteiger charge is 2.31. The molecule has 11 nitrogen and oxygen atoms in total. The van der Waals surface area contributed by atoms with E-state index >= 15 is 0 Å². The molecule has 1 amide bonds. The van der Waals surface area contributed by atoms with E-state index in [1.807, 2.05) is 31.2 Å². The number of aromatic carboxylic acids is 1. The quantitative estimate of drug-likeness (QED) is 0.0580. The van der Waals surface area contributed by atoms with Gasteiger partial charge >= 0.3 is 11.9 Å². The van der Waals surface area contributed by atoms with Gasteiger partial charge in [0.05, 0.1) is 24.4 Å². The molecule has 0 fully saturated rings. The number of aromatic nitrogens is 3. The molecule has 2 aromatic heterocycles. The highest BCUT2D eigenvalue weighted by molar-refractivity contribution is 7.15. The molecule has 0 bridgehead atoms. The number of halogens is 2. The fraction of sp³-hybridized carbons (Fsp3) is 0.400. The maximum atomic E-state index is 12.6. The predicted octanol–water partition coefficient (Wildman–Crippen LogP) is 8.31. The van der Waals surface area contributed by atoms with Gasteiger partial charge < -0.3 is 20.9 Å². The average Bonchev–Trinajstić information content (AvgIpc) is 3.61. The van der Waals surface area contributed by atoms with Crippen LogP contribution in [0.4, 0.5) is 5.69 Å². The lowest BCUT2D eigenvalue weighted by molar-refractivity contribution is -0.144. The molecule has 0 radical (unpaired) electrons. The van der Waals surface area contributed by atoms with E-state index < -0.39 is 5.97 Å². The second-order valence-corrected chi connectivity index (χ2v) is 14.6. The summed E-state index contributed by atoms with van der Waals surface area (Å²) in [6.07, 6.45) is 7.60. The molecule has 0 aliphatic carbocycles. The molecule has 54 heavy (non-hydrogen) atoms. The standard InChI is InChI=1S/C40H45ClN6O5S.ClH/c1-25-26(2)53-39-36(25)37(28-15-17-30(41)18-16-28)44-33(38-46-45-27(3)47(38)39)21-23-52-35(49)14-10-8-6-4-5-7-9-13-34(48)43-31-19-20-32(40(50)51)29(24-31)12-11-22-42;/h15-20,24,33H,4-10,13-14,21-23,42H2,1-3H3,(H,43,48)(H,50,51);1H/t33-;/m0./s1. The summed E-state index contributed by atoms with van der Waals surface area (Å²) >= 11 is 7.92. The van der Waals surface area contributed by atoms with E-state index in [9.17, 15) is 19.5 Å². The lowest BCUT2D eigenvalue weighted by atomic mass is 9.99. The molecule has 2 aromatic carbocycles. The molecule has 1 atom stereocenters. The lowest BCUT2D eigenvalue weighted by Crippen LogP contribution is -2.12. The summed E-state index contributed by atoms with van der Waals surface area (Å²) < 4.78 is 7.77. The number of carbonyl (C=O) groups is 3. The fourth-order valence-electron chi connectivity index (χ4n) is 6.27. The Morgan fingerprint density at radius 3 is 2.35 bits per heavy atom. The first-order valence-electron chi connectivity index (χ1n) is 18.0. The number of carboxylic acid groups (broad SMARTS) is 1. The molecule has 1 aliphatic rings. The van der Waals surface area contributed by atoms with Crippen molar-refractivity contribution < 1.29 is 24.2 Å². The molecule has 4 N–H and O–H groups in total. The van der Waals surface area contributed by atoms with E-state index in [2.05, 4.69) is 45.8 Å². The molecule has 3 heterocycles. The Morgan fingerprint density at radius 1 is 0.981 bits per heavy atom. The first kappa shape index (κ1) is 42.2. The number of anilines is 1. The largest absolute Gasteiger partial charge is 0.478 e. The van der Waals surface area contributed by atoms with Crippen LogP contribution in [0.15, 0.2) is 47.5 Å². The summed E-state index contributed by atoms with van der Waals surface area (Å²) in [4.78, 5) is 42.9. The van der Waals surface area contributed by atoms with Crippen molar-refractivity contribution >= 4 is 64.6 Å². The zero-order chi connectivity index (χ0) is 37.9. The van der Waals surface area contributed by atoms with Crippen molar-refractivity contribution in [3.63, 3.8) is 0 Å². The summed E-state index contributed by atoms with van der Waals surface area (Å²) in [6.45, 7) is 6.51. The zero-order valence-electron chi connectivity index (χ0n) is 30.7. The Balaban J connectivity index is 0.00000650. The topological polar surface area (TPSA) is 162 Å². The number of carbonyl (C=O) groups excluding carboxylic acids is 2. The monoisotopic (exact) mass is 792 g/mol. The summed E-state index contributed by atoms with van der Waals surface area (Å²) in [5.41, 5.74) is 10.4. The van der Waals surface area contributed by atoms with E-state index in [4.69, 9.17) is 27.1 Å². The molecule has 5 rings (SSSR count). The van der Waals surface area contributed by atoms with Crippen molar-refractivity contribution in [2.75, 3.05) is 18.5 Å². The minimum Gasteiger partial charge on any atom is -0.478 e. The van der Waals surface area contributed by atoms with E-state index in [1.165, 1.54) is 16.5 Å².